The summed E-state index contributed by atoms with van der Waals surface area (Å²) < 4.78 is 32.9. The van der Waals surface area contributed by atoms with Crippen LogP contribution in [0.4, 0.5) is 4.79 Å². The van der Waals surface area contributed by atoms with Gasteiger partial charge in [0, 0.05) is 31.8 Å². The number of nitrogens with zero attached hydrogens (tertiary/aromatic N) is 2. The largest absolute Gasteiger partial charge is 0.413 e. The molecule has 166 valence electrons. The number of piperidine rings is 1. The molecule has 11 heteroatoms. The highest BCUT2D eigenvalue weighted by atomic mass is 35.5. The van der Waals surface area contributed by atoms with Crippen molar-refractivity contribution in [3.8, 4) is 5.06 Å². The molecule has 0 aliphatic carbocycles. The van der Waals surface area contributed by atoms with Crippen molar-refractivity contribution in [3.05, 3.63) is 16.5 Å². The molecule has 2 heterocycles. The predicted octanol–water partition coefficient (Wildman–Crippen LogP) is 2.38. The Balaban J connectivity index is 1.89. The van der Waals surface area contributed by atoms with Crippen LogP contribution < -0.4 is 10.1 Å². The number of thiophene rings is 1. The Morgan fingerprint density at radius 2 is 2.10 bits per heavy atom. The van der Waals surface area contributed by atoms with E-state index in [0.717, 1.165) is 37.3 Å². The van der Waals surface area contributed by atoms with Gasteiger partial charge in [-0.25, -0.2) is 13.2 Å². The molecular formula is C18H30ClN3O5S2. The molecule has 1 aliphatic heterocycles. The number of aliphatic hydroxyl groups is 1. The van der Waals surface area contributed by atoms with Crippen LogP contribution in [0.15, 0.2) is 12.1 Å². The molecule has 2 rings (SSSR count). The number of carbonyl (C=O) groups is 1. The van der Waals surface area contributed by atoms with Gasteiger partial charge in [0.25, 0.3) is 0 Å². The van der Waals surface area contributed by atoms with E-state index in [1.54, 1.807) is 12.1 Å². The minimum absolute atomic E-state index is 0.0548. The van der Waals surface area contributed by atoms with Crippen LogP contribution in [0.2, 0.25) is 4.34 Å². The highest BCUT2D eigenvalue weighted by Gasteiger charge is 2.32. The lowest BCUT2D eigenvalue weighted by Crippen LogP contribution is -2.50. The van der Waals surface area contributed by atoms with Crippen LogP contribution in [0.5, 0.6) is 5.06 Å². The first-order valence-electron chi connectivity index (χ1n) is 9.78. The Morgan fingerprint density at radius 3 is 2.66 bits per heavy atom. The second-order valence-corrected chi connectivity index (χ2v) is 11.0. The fourth-order valence-electron chi connectivity index (χ4n) is 3.34. The van der Waals surface area contributed by atoms with Crippen molar-refractivity contribution >= 4 is 39.1 Å². The van der Waals surface area contributed by atoms with Gasteiger partial charge < -0.3 is 20.1 Å². The summed E-state index contributed by atoms with van der Waals surface area (Å²) in [4.78, 5) is 14.2. The highest BCUT2D eigenvalue weighted by Crippen LogP contribution is 2.28. The van der Waals surface area contributed by atoms with Crippen LogP contribution in [0.25, 0.3) is 0 Å². The second kappa shape index (κ2) is 11.5. The summed E-state index contributed by atoms with van der Waals surface area (Å²) in [7, 11) is -3.58. The first-order chi connectivity index (χ1) is 13.7. The molecule has 0 bridgehead atoms. The number of hydrogen-bond acceptors (Lipinski definition) is 7. The van der Waals surface area contributed by atoms with Gasteiger partial charge in [-0.3, -0.25) is 0 Å². The van der Waals surface area contributed by atoms with Gasteiger partial charge in [0.2, 0.25) is 10.0 Å². The summed E-state index contributed by atoms with van der Waals surface area (Å²) in [6.45, 7) is 6.13. The number of aliphatic hydroxyl groups excluding tert-OH is 1. The molecule has 0 aromatic carbocycles. The third-order valence-electron chi connectivity index (χ3n) is 4.90. The topological polar surface area (TPSA) is 99.2 Å². The maximum Gasteiger partial charge on any atom is 0.413 e. The van der Waals surface area contributed by atoms with Crippen molar-refractivity contribution in [1.82, 2.24) is 14.5 Å². The number of sulfonamides is 1. The molecule has 1 aromatic heterocycles. The molecular weight excluding hydrogens is 438 g/mol. The molecule has 2 N–H and O–H groups in total. The first-order valence-corrected chi connectivity index (χ1v) is 12.6. The minimum atomic E-state index is -3.58. The fourth-order valence-corrected chi connectivity index (χ4v) is 5.88. The Labute approximate surface area is 181 Å². The van der Waals surface area contributed by atoms with E-state index in [1.165, 1.54) is 4.31 Å². The van der Waals surface area contributed by atoms with Crippen LogP contribution >= 0.6 is 22.9 Å². The number of likely N-dealkylation sites (tertiary alicyclic amines) is 1. The average Bonchev–Trinajstić information content (AvgIpc) is 3.06. The van der Waals surface area contributed by atoms with E-state index in [2.05, 4.69) is 24.1 Å². The van der Waals surface area contributed by atoms with Crippen molar-refractivity contribution < 1.29 is 23.1 Å². The van der Waals surface area contributed by atoms with Crippen molar-refractivity contribution in [2.45, 2.75) is 45.2 Å². The first kappa shape index (κ1) is 24.4. The van der Waals surface area contributed by atoms with Crippen LogP contribution in [-0.2, 0) is 10.0 Å². The molecule has 0 unspecified atom stereocenters. The maximum atomic E-state index is 12.9. The Hall–Kier alpha value is -0.910. The molecule has 0 radical (unpaired) electrons. The van der Waals surface area contributed by atoms with E-state index in [-0.39, 0.29) is 31.5 Å². The van der Waals surface area contributed by atoms with Gasteiger partial charge in [-0.05, 0) is 58.3 Å². The van der Waals surface area contributed by atoms with Gasteiger partial charge in [0.1, 0.15) is 0 Å². The Bertz CT molecular complexity index is 748. The molecule has 1 amide bonds. The average molecular weight is 468 g/mol. The summed E-state index contributed by atoms with van der Waals surface area (Å²) in [5.41, 5.74) is 0. The molecule has 1 fully saturated rings. The van der Waals surface area contributed by atoms with E-state index in [4.69, 9.17) is 16.3 Å². The maximum absolute atomic E-state index is 12.9. The number of amides is 1. The number of halogens is 1. The molecule has 29 heavy (non-hydrogen) atoms. The van der Waals surface area contributed by atoms with Crippen molar-refractivity contribution in [2.24, 2.45) is 0 Å². The predicted molar refractivity (Wildman–Crippen MR) is 115 cm³/mol. The summed E-state index contributed by atoms with van der Waals surface area (Å²) in [5, 5.41) is 12.0. The minimum Gasteiger partial charge on any atom is -0.399 e. The lowest BCUT2D eigenvalue weighted by atomic mass is 10.0. The summed E-state index contributed by atoms with van der Waals surface area (Å²) >= 11 is 6.90. The summed E-state index contributed by atoms with van der Waals surface area (Å²) in [6.07, 6.45) is 1.19. The van der Waals surface area contributed by atoms with Gasteiger partial charge in [-0.15, -0.1) is 0 Å². The van der Waals surface area contributed by atoms with Gasteiger partial charge in [-0.1, -0.05) is 22.9 Å². The van der Waals surface area contributed by atoms with Crippen molar-refractivity contribution in [1.29, 1.82) is 0 Å². The molecule has 0 saturated carbocycles. The van der Waals surface area contributed by atoms with Crippen molar-refractivity contribution in [2.75, 3.05) is 38.5 Å². The standard InChI is InChI=1S/C18H30ClN3O5S2/c1-14(2)21-10-6-15(7-11-21)22(9-3-12-23)29(25,26)13-8-20-18(24)27-17-5-4-16(19)28-17/h4-5,14-15,23H,3,6-13H2,1-2H3,(H,20,24). The number of carbonyl (C=O) groups excluding carboxylic acids is 1. The summed E-state index contributed by atoms with van der Waals surface area (Å²) in [6, 6.07) is 3.54. The number of hydrogen-bond donors (Lipinski definition) is 2. The van der Waals surface area contributed by atoms with Gasteiger partial charge in [0.05, 0.1) is 10.1 Å². The van der Waals surface area contributed by atoms with E-state index in [1.807, 2.05) is 0 Å². The molecule has 1 aliphatic rings. The molecule has 1 saturated heterocycles. The molecule has 0 atom stereocenters. The SMILES string of the molecule is CC(C)N1CCC(N(CCCO)S(=O)(=O)CCNC(=O)Oc2ccc(Cl)s2)CC1. The van der Waals surface area contributed by atoms with Crippen LogP contribution in [0.1, 0.15) is 33.1 Å². The molecule has 1 aromatic rings. The van der Waals surface area contributed by atoms with E-state index >= 15 is 0 Å². The van der Waals surface area contributed by atoms with Gasteiger partial charge in [-0.2, -0.15) is 4.31 Å². The van der Waals surface area contributed by atoms with Crippen LogP contribution in [-0.4, -0.2) is 79.4 Å². The van der Waals surface area contributed by atoms with Gasteiger partial charge >= 0.3 is 6.09 Å². The normalized spacial score (nSPS) is 16.5. The van der Waals surface area contributed by atoms with E-state index < -0.39 is 16.1 Å². The van der Waals surface area contributed by atoms with Crippen LogP contribution in [0.3, 0.4) is 0 Å². The highest BCUT2D eigenvalue weighted by molar-refractivity contribution is 7.89. The number of ether oxygens (including phenoxy) is 1. The monoisotopic (exact) mass is 467 g/mol. The Morgan fingerprint density at radius 1 is 1.41 bits per heavy atom. The molecule has 8 nitrogen and oxygen atoms in total. The fraction of sp³-hybridized carbons (Fsp3) is 0.722. The van der Waals surface area contributed by atoms with Crippen molar-refractivity contribution in [3.63, 3.8) is 0 Å². The van der Waals surface area contributed by atoms with E-state index in [0.29, 0.717) is 21.9 Å². The van der Waals surface area contributed by atoms with E-state index in [9.17, 15) is 18.3 Å². The smallest absolute Gasteiger partial charge is 0.399 e. The van der Waals surface area contributed by atoms with Gasteiger partial charge in [0.15, 0.2) is 5.06 Å². The Kier molecular flexibility index (Phi) is 9.64. The number of rotatable bonds is 10. The number of nitrogens with one attached hydrogen (secondary N) is 1. The quantitative estimate of drug-likeness (QED) is 0.548. The second-order valence-electron chi connectivity index (χ2n) is 7.24. The third kappa shape index (κ3) is 7.69. The van der Waals surface area contributed by atoms with Crippen LogP contribution in [0, 0.1) is 0 Å². The zero-order valence-electron chi connectivity index (χ0n) is 16.8. The molecule has 0 spiro atoms. The third-order valence-corrected chi connectivity index (χ3v) is 7.93. The summed E-state index contributed by atoms with van der Waals surface area (Å²) in [5.74, 6) is -0.219. The zero-order chi connectivity index (χ0) is 21.4. The zero-order valence-corrected chi connectivity index (χ0v) is 19.2. The lowest BCUT2D eigenvalue weighted by molar-refractivity contribution is 0.129. The lowest BCUT2D eigenvalue weighted by Gasteiger charge is -2.39.